The highest BCUT2D eigenvalue weighted by Gasteiger charge is 2.26. The van der Waals surface area contributed by atoms with Crippen LogP contribution < -0.4 is 16.0 Å². The third-order valence-corrected chi connectivity index (χ3v) is 4.91. The summed E-state index contributed by atoms with van der Waals surface area (Å²) in [5.74, 6) is -0.0258. The third-order valence-electron chi connectivity index (χ3n) is 4.66. The molecule has 7 nitrogen and oxygen atoms in total. The van der Waals surface area contributed by atoms with Crippen molar-refractivity contribution in [3.05, 3.63) is 59.4 Å². The van der Waals surface area contributed by atoms with Gasteiger partial charge in [-0.2, -0.15) is 0 Å². The maximum atomic E-state index is 12.4. The fourth-order valence-electron chi connectivity index (χ4n) is 3.26. The fraction of sp³-hybridized carbons (Fsp3) is 0.350. The molecule has 1 saturated heterocycles. The van der Waals surface area contributed by atoms with E-state index in [2.05, 4.69) is 20.9 Å². The van der Waals surface area contributed by atoms with Crippen LogP contribution in [0.4, 0.5) is 10.5 Å². The molecule has 0 bridgehead atoms. The Hall–Kier alpha value is -2.64. The maximum absolute atomic E-state index is 12.4. The molecule has 2 amide bonds. The number of hydrogen-bond acceptors (Lipinski definition) is 5. The van der Waals surface area contributed by atoms with E-state index in [1.165, 1.54) is 0 Å². The van der Waals surface area contributed by atoms with E-state index in [4.69, 9.17) is 16.3 Å². The Bertz CT molecular complexity index is 780. The number of aromatic nitrogens is 1. The number of nitrogens with zero attached hydrogens (tertiary/aromatic N) is 1. The molecule has 2 aromatic rings. The highest BCUT2D eigenvalue weighted by molar-refractivity contribution is 6.30. The van der Waals surface area contributed by atoms with E-state index in [0.29, 0.717) is 16.6 Å². The lowest BCUT2D eigenvalue weighted by Crippen LogP contribution is -2.40. The van der Waals surface area contributed by atoms with E-state index in [0.717, 1.165) is 31.5 Å². The minimum Gasteiger partial charge on any atom is -0.439 e. The Balaban J connectivity index is 1.54. The summed E-state index contributed by atoms with van der Waals surface area (Å²) >= 11 is 5.81. The molecule has 0 saturated carbocycles. The van der Waals surface area contributed by atoms with Crippen molar-refractivity contribution in [1.82, 2.24) is 15.6 Å². The molecular weight excluding hydrogens is 380 g/mol. The van der Waals surface area contributed by atoms with Crippen molar-refractivity contribution in [1.29, 1.82) is 0 Å². The molecule has 1 aliphatic rings. The van der Waals surface area contributed by atoms with Gasteiger partial charge < -0.3 is 15.4 Å². The lowest BCUT2D eigenvalue weighted by molar-refractivity contribution is -0.125. The molecule has 1 aromatic carbocycles. The predicted octanol–water partition coefficient (Wildman–Crippen LogP) is 3.14. The Kier molecular flexibility index (Phi) is 7.22. The van der Waals surface area contributed by atoms with Crippen molar-refractivity contribution in [2.75, 3.05) is 25.0 Å². The molecule has 3 N–H and O–H groups in total. The van der Waals surface area contributed by atoms with Crippen molar-refractivity contribution in [2.45, 2.75) is 18.9 Å². The summed E-state index contributed by atoms with van der Waals surface area (Å²) in [4.78, 5) is 28.3. The van der Waals surface area contributed by atoms with E-state index in [9.17, 15) is 9.59 Å². The monoisotopic (exact) mass is 402 g/mol. The Morgan fingerprint density at radius 2 is 1.82 bits per heavy atom. The van der Waals surface area contributed by atoms with Crippen LogP contribution in [0, 0.1) is 5.92 Å². The molecule has 1 aliphatic heterocycles. The number of carbonyl (C=O) groups excluding carboxylic acids is 2. The maximum Gasteiger partial charge on any atom is 0.412 e. The number of nitrogens with one attached hydrogen (secondary N) is 3. The molecule has 8 heteroatoms. The van der Waals surface area contributed by atoms with Crippen molar-refractivity contribution in [3.8, 4) is 0 Å². The van der Waals surface area contributed by atoms with Crippen LogP contribution in [0.15, 0.2) is 48.8 Å². The van der Waals surface area contributed by atoms with Crippen LogP contribution in [0.1, 0.15) is 24.4 Å². The first-order valence-electron chi connectivity index (χ1n) is 9.21. The molecule has 0 spiro atoms. The van der Waals surface area contributed by atoms with Crippen LogP contribution >= 0.6 is 11.6 Å². The van der Waals surface area contributed by atoms with Gasteiger partial charge in [0.15, 0.2) is 6.61 Å². The second-order valence-corrected chi connectivity index (χ2v) is 7.06. The molecule has 1 fully saturated rings. The van der Waals surface area contributed by atoms with Gasteiger partial charge in [-0.15, -0.1) is 0 Å². The quantitative estimate of drug-likeness (QED) is 0.690. The van der Waals surface area contributed by atoms with E-state index in [-0.39, 0.29) is 18.6 Å². The number of anilines is 1. The highest BCUT2D eigenvalue weighted by Crippen LogP contribution is 2.28. The third kappa shape index (κ3) is 5.94. The van der Waals surface area contributed by atoms with Crippen molar-refractivity contribution in [3.63, 3.8) is 0 Å². The lowest BCUT2D eigenvalue weighted by Gasteiger charge is -2.31. The largest absolute Gasteiger partial charge is 0.439 e. The van der Waals surface area contributed by atoms with Gasteiger partial charge in [0.2, 0.25) is 0 Å². The van der Waals surface area contributed by atoms with Crippen LogP contribution in [0.3, 0.4) is 0 Å². The summed E-state index contributed by atoms with van der Waals surface area (Å²) in [6.45, 7) is 1.48. The standard InChI is InChI=1S/C20H23ClN4O3/c21-16-1-3-17(4-2-16)24-20(27)28-13-18(26)25-19(14-5-9-22-10-6-14)15-7-11-23-12-8-15/h1-6,9-10,15,19,23H,7-8,11-13H2,(H,24,27)(H,25,26). The van der Waals surface area contributed by atoms with Crippen LogP contribution in [0.5, 0.6) is 0 Å². The predicted molar refractivity (Wildman–Crippen MR) is 107 cm³/mol. The average Bonchev–Trinajstić information content (AvgIpc) is 2.73. The normalized spacial score (nSPS) is 15.5. The van der Waals surface area contributed by atoms with Crippen LogP contribution in [0.25, 0.3) is 0 Å². The number of benzene rings is 1. The Labute approximate surface area is 168 Å². The van der Waals surface area contributed by atoms with E-state index >= 15 is 0 Å². The van der Waals surface area contributed by atoms with Gasteiger partial charge in [0.05, 0.1) is 6.04 Å². The lowest BCUT2D eigenvalue weighted by atomic mass is 9.86. The molecule has 1 unspecified atom stereocenters. The number of ether oxygens (including phenoxy) is 1. The first-order chi connectivity index (χ1) is 13.6. The number of amides is 2. The summed E-state index contributed by atoms with van der Waals surface area (Å²) < 4.78 is 5.04. The van der Waals surface area contributed by atoms with Gasteiger partial charge in [-0.1, -0.05) is 11.6 Å². The van der Waals surface area contributed by atoms with Gasteiger partial charge in [-0.3, -0.25) is 15.1 Å². The molecule has 148 valence electrons. The zero-order valence-corrected chi connectivity index (χ0v) is 16.1. The first kappa shape index (κ1) is 20.1. The summed E-state index contributed by atoms with van der Waals surface area (Å²) in [6.07, 6.45) is 4.66. The van der Waals surface area contributed by atoms with Gasteiger partial charge >= 0.3 is 6.09 Å². The summed E-state index contributed by atoms with van der Waals surface area (Å²) in [7, 11) is 0. The van der Waals surface area contributed by atoms with Gasteiger partial charge in [0, 0.05) is 23.1 Å². The molecule has 2 heterocycles. The molecule has 1 aromatic heterocycles. The number of halogens is 1. The fourth-order valence-corrected chi connectivity index (χ4v) is 3.38. The molecule has 28 heavy (non-hydrogen) atoms. The second kappa shape index (κ2) is 10.1. The minimum atomic E-state index is -0.695. The summed E-state index contributed by atoms with van der Waals surface area (Å²) in [6, 6.07) is 10.3. The molecule has 0 radical (unpaired) electrons. The number of carbonyl (C=O) groups is 2. The number of piperidine rings is 1. The van der Waals surface area contributed by atoms with Gasteiger partial charge in [0.25, 0.3) is 5.91 Å². The van der Waals surface area contributed by atoms with Crippen molar-refractivity contribution >= 4 is 29.3 Å². The average molecular weight is 403 g/mol. The Morgan fingerprint density at radius 3 is 2.50 bits per heavy atom. The summed E-state index contributed by atoms with van der Waals surface area (Å²) in [5, 5.41) is 9.47. The first-order valence-corrected chi connectivity index (χ1v) is 9.59. The van der Waals surface area contributed by atoms with Gasteiger partial charge in [0.1, 0.15) is 0 Å². The summed E-state index contributed by atoms with van der Waals surface area (Å²) in [5.41, 5.74) is 1.54. The van der Waals surface area contributed by atoms with E-state index in [1.807, 2.05) is 12.1 Å². The van der Waals surface area contributed by atoms with Crippen LogP contribution in [-0.2, 0) is 9.53 Å². The van der Waals surface area contributed by atoms with Gasteiger partial charge in [-0.25, -0.2) is 4.79 Å². The topological polar surface area (TPSA) is 92.4 Å². The van der Waals surface area contributed by atoms with E-state index < -0.39 is 6.09 Å². The van der Waals surface area contributed by atoms with Crippen molar-refractivity contribution < 1.29 is 14.3 Å². The van der Waals surface area contributed by atoms with Crippen LogP contribution in [0.2, 0.25) is 5.02 Å². The zero-order chi connectivity index (χ0) is 19.8. The molecule has 0 aliphatic carbocycles. The Morgan fingerprint density at radius 1 is 1.14 bits per heavy atom. The number of rotatable bonds is 6. The number of hydrogen-bond donors (Lipinski definition) is 3. The smallest absolute Gasteiger partial charge is 0.412 e. The van der Waals surface area contributed by atoms with E-state index in [1.54, 1.807) is 36.7 Å². The molecular formula is C20H23ClN4O3. The second-order valence-electron chi connectivity index (χ2n) is 6.62. The minimum absolute atomic E-state index is 0.138. The molecule has 3 rings (SSSR count). The zero-order valence-electron chi connectivity index (χ0n) is 15.4. The van der Waals surface area contributed by atoms with Gasteiger partial charge in [-0.05, 0) is 73.8 Å². The van der Waals surface area contributed by atoms with Crippen LogP contribution in [-0.4, -0.2) is 36.7 Å². The van der Waals surface area contributed by atoms with Crippen molar-refractivity contribution in [2.24, 2.45) is 5.92 Å². The molecule has 1 atom stereocenters. The highest BCUT2D eigenvalue weighted by atomic mass is 35.5. The number of pyridine rings is 1. The SMILES string of the molecule is O=C(COC(=O)Nc1ccc(Cl)cc1)NC(c1ccncc1)C1CCNCC1.